The minimum Gasteiger partial charge on any atom is -0.384 e. The summed E-state index contributed by atoms with van der Waals surface area (Å²) in [5.41, 5.74) is 9.01. The Morgan fingerprint density at radius 1 is 1.12 bits per heavy atom. The van der Waals surface area contributed by atoms with Gasteiger partial charge in [-0.15, -0.1) is 0 Å². The average Bonchev–Trinajstić information content (AvgIpc) is 2.30. The van der Waals surface area contributed by atoms with Crippen LogP contribution in [0, 0.1) is 6.92 Å². The minimum absolute atomic E-state index is 0.543. The first kappa shape index (κ1) is 10.5. The number of anilines is 3. The molecule has 0 aliphatic carbocycles. The maximum absolute atomic E-state index is 5.57. The van der Waals surface area contributed by atoms with E-state index < -0.39 is 0 Å². The lowest BCUT2D eigenvalue weighted by Crippen LogP contribution is -2.11. The summed E-state index contributed by atoms with van der Waals surface area (Å²) < 4.78 is 0. The van der Waals surface area contributed by atoms with Crippen molar-refractivity contribution in [1.82, 2.24) is 4.98 Å². The zero-order valence-electron chi connectivity index (χ0n) is 9.51. The second-order valence-electron chi connectivity index (χ2n) is 3.79. The molecule has 0 amide bonds. The molecule has 1 aromatic heterocycles. The van der Waals surface area contributed by atoms with Gasteiger partial charge in [0.05, 0.1) is 11.9 Å². The lowest BCUT2D eigenvalue weighted by atomic mass is 10.2. The molecule has 82 valence electrons. The third kappa shape index (κ3) is 1.98. The maximum atomic E-state index is 5.57. The number of nitrogen functional groups attached to an aromatic ring is 1. The standard InChI is InChI=1S/C13H15N3/c1-10-5-3-4-6-12(10)16(2)11-7-8-13(14)15-9-11/h3-9H,1-2H3,(H2,14,15). The van der Waals surface area contributed by atoms with Crippen molar-refractivity contribution in [2.24, 2.45) is 0 Å². The van der Waals surface area contributed by atoms with Crippen LogP contribution in [0.4, 0.5) is 17.2 Å². The molecule has 0 saturated carbocycles. The van der Waals surface area contributed by atoms with Gasteiger partial charge in [-0.05, 0) is 30.7 Å². The Kier molecular flexibility index (Phi) is 2.77. The second kappa shape index (κ2) is 4.23. The average molecular weight is 213 g/mol. The first-order valence-electron chi connectivity index (χ1n) is 5.19. The van der Waals surface area contributed by atoms with Crippen LogP contribution in [0.5, 0.6) is 0 Å². The van der Waals surface area contributed by atoms with Crippen molar-refractivity contribution in [1.29, 1.82) is 0 Å². The molecule has 0 atom stereocenters. The highest BCUT2D eigenvalue weighted by molar-refractivity contribution is 5.65. The highest BCUT2D eigenvalue weighted by Gasteiger charge is 2.05. The van der Waals surface area contributed by atoms with Crippen LogP contribution in [0.15, 0.2) is 42.6 Å². The van der Waals surface area contributed by atoms with Gasteiger partial charge in [0.15, 0.2) is 0 Å². The Morgan fingerprint density at radius 3 is 2.50 bits per heavy atom. The first-order valence-corrected chi connectivity index (χ1v) is 5.19. The van der Waals surface area contributed by atoms with Gasteiger partial charge < -0.3 is 10.6 Å². The molecule has 2 rings (SSSR count). The molecule has 0 fully saturated rings. The molecule has 0 radical (unpaired) electrons. The smallest absolute Gasteiger partial charge is 0.123 e. The van der Waals surface area contributed by atoms with Crippen molar-refractivity contribution in [2.75, 3.05) is 17.7 Å². The zero-order chi connectivity index (χ0) is 11.5. The molecular weight excluding hydrogens is 198 g/mol. The van der Waals surface area contributed by atoms with E-state index in [1.807, 2.05) is 31.3 Å². The molecule has 0 spiro atoms. The monoisotopic (exact) mass is 213 g/mol. The van der Waals surface area contributed by atoms with Crippen molar-refractivity contribution < 1.29 is 0 Å². The van der Waals surface area contributed by atoms with E-state index in [0.717, 1.165) is 5.69 Å². The lowest BCUT2D eigenvalue weighted by molar-refractivity contribution is 1.16. The molecule has 16 heavy (non-hydrogen) atoms. The highest BCUT2D eigenvalue weighted by Crippen LogP contribution is 2.25. The van der Waals surface area contributed by atoms with Crippen molar-refractivity contribution in [3.8, 4) is 0 Å². The van der Waals surface area contributed by atoms with Gasteiger partial charge in [0.25, 0.3) is 0 Å². The van der Waals surface area contributed by atoms with Crippen molar-refractivity contribution in [3.63, 3.8) is 0 Å². The lowest BCUT2D eigenvalue weighted by Gasteiger charge is -2.21. The number of hydrogen-bond acceptors (Lipinski definition) is 3. The van der Waals surface area contributed by atoms with E-state index in [-0.39, 0.29) is 0 Å². The fourth-order valence-electron chi connectivity index (χ4n) is 1.67. The molecule has 0 unspecified atom stereocenters. The van der Waals surface area contributed by atoms with Gasteiger partial charge in [0, 0.05) is 12.7 Å². The topological polar surface area (TPSA) is 42.1 Å². The number of hydrogen-bond donors (Lipinski definition) is 1. The molecule has 2 aromatic rings. The van der Waals surface area contributed by atoms with Gasteiger partial charge in [-0.2, -0.15) is 0 Å². The van der Waals surface area contributed by atoms with E-state index in [0.29, 0.717) is 5.82 Å². The molecular formula is C13H15N3. The number of pyridine rings is 1. The number of nitrogens with zero attached hydrogens (tertiary/aromatic N) is 2. The Labute approximate surface area is 95.5 Å². The summed E-state index contributed by atoms with van der Waals surface area (Å²) in [7, 11) is 2.02. The number of aryl methyl sites for hydroxylation is 1. The number of nitrogens with two attached hydrogens (primary N) is 1. The van der Waals surface area contributed by atoms with E-state index in [9.17, 15) is 0 Å². The minimum atomic E-state index is 0.543. The van der Waals surface area contributed by atoms with Crippen LogP contribution in [-0.4, -0.2) is 12.0 Å². The van der Waals surface area contributed by atoms with Crippen LogP contribution in [-0.2, 0) is 0 Å². The largest absolute Gasteiger partial charge is 0.384 e. The Morgan fingerprint density at radius 2 is 1.88 bits per heavy atom. The molecule has 2 N–H and O–H groups in total. The fourth-order valence-corrected chi connectivity index (χ4v) is 1.67. The van der Waals surface area contributed by atoms with Crippen molar-refractivity contribution >= 4 is 17.2 Å². The van der Waals surface area contributed by atoms with Crippen LogP contribution < -0.4 is 10.6 Å². The molecule has 3 heteroatoms. The van der Waals surface area contributed by atoms with Gasteiger partial charge in [-0.3, -0.25) is 0 Å². The molecule has 1 aromatic carbocycles. The Hall–Kier alpha value is -2.03. The molecule has 0 aliphatic heterocycles. The van der Waals surface area contributed by atoms with Gasteiger partial charge in [0.2, 0.25) is 0 Å². The molecule has 1 heterocycles. The highest BCUT2D eigenvalue weighted by atomic mass is 15.1. The zero-order valence-corrected chi connectivity index (χ0v) is 9.51. The van der Waals surface area contributed by atoms with Gasteiger partial charge in [-0.1, -0.05) is 18.2 Å². The maximum Gasteiger partial charge on any atom is 0.123 e. The molecule has 0 saturated heterocycles. The second-order valence-corrected chi connectivity index (χ2v) is 3.79. The van der Waals surface area contributed by atoms with Crippen LogP contribution in [0.3, 0.4) is 0 Å². The van der Waals surface area contributed by atoms with E-state index in [2.05, 4.69) is 28.9 Å². The van der Waals surface area contributed by atoms with Gasteiger partial charge >= 0.3 is 0 Å². The number of aromatic nitrogens is 1. The van der Waals surface area contributed by atoms with Gasteiger partial charge in [-0.25, -0.2) is 4.98 Å². The predicted molar refractivity (Wildman–Crippen MR) is 67.9 cm³/mol. The Balaban J connectivity index is 2.35. The summed E-state index contributed by atoms with van der Waals surface area (Å²) in [5.74, 6) is 0.543. The fraction of sp³-hybridized carbons (Fsp3) is 0.154. The van der Waals surface area contributed by atoms with E-state index >= 15 is 0 Å². The van der Waals surface area contributed by atoms with Crippen molar-refractivity contribution in [3.05, 3.63) is 48.2 Å². The summed E-state index contributed by atoms with van der Waals surface area (Å²) in [6.45, 7) is 2.09. The molecule has 3 nitrogen and oxygen atoms in total. The summed E-state index contributed by atoms with van der Waals surface area (Å²) in [5, 5.41) is 0. The predicted octanol–water partition coefficient (Wildman–Crippen LogP) is 2.74. The summed E-state index contributed by atoms with van der Waals surface area (Å²) in [6, 6.07) is 12.0. The SMILES string of the molecule is Cc1ccccc1N(C)c1ccc(N)nc1. The summed E-state index contributed by atoms with van der Waals surface area (Å²) in [6.07, 6.45) is 1.78. The molecule has 0 aliphatic rings. The van der Waals surface area contributed by atoms with Crippen LogP contribution in [0.2, 0.25) is 0 Å². The molecule has 0 bridgehead atoms. The van der Waals surface area contributed by atoms with E-state index in [4.69, 9.17) is 5.73 Å². The summed E-state index contributed by atoms with van der Waals surface area (Å²) in [4.78, 5) is 6.19. The van der Waals surface area contributed by atoms with Crippen LogP contribution >= 0.6 is 0 Å². The van der Waals surface area contributed by atoms with Crippen LogP contribution in [0.1, 0.15) is 5.56 Å². The quantitative estimate of drug-likeness (QED) is 0.834. The normalized spacial score (nSPS) is 10.1. The number of para-hydroxylation sites is 1. The van der Waals surface area contributed by atoms with Crippen LogP contribution in [0.25, 0.3) is 0 Å². The number of benzene rings is 1. The van der Waals surface area contributed by atoms with E-state index in [1.54, 1.807) is 6.20 Å². The van der Waals surface area contributed by atoms with E-state index in [1.165, 1.54) is 11.3 Å². The Bertz CT molecular complexity index is 477. The summed E-state index contributed by atoms with van der Waals surface area (Å²) >= 11 is 0. The number of rotatable bonds is 2. The first-order chi connectivity index (χ1) is 7.68. The third-order valence-electron chi connectivity index (χ3n) is 2.63. The van der Waals surface area contributed by atoms with Crippen molar-refractivity contribution in [2.45, 2.75) is 6.92 Å². The third-order valence-corrected chi connectivity index (χ3v) is 2.63. The van der Waals surface area contributed by atoms with Gasteiger partial charge in [0.1, 0.15) is 5.82 Å².